The summed E-state index contributed by atoms with van der Waals surface area (Å²) in [6.07, 6.45) is 0.378. The maximum absolute atomic E-state index is 11.6. The SMILES string of the molecule is CC(C)(N)CS(=O)CCCF. The van der Waals surface area contributed by atoms with Crippen LogP contribution in [-0.2, 0) is 10.8 Å². The second-order valence-corrected chi connectivity index (χ2v) is 4.90. The molecule has 2 nitrogen and oxygen atoms in total. The van der Waals surface area contributed by atoms with Gasteiger partial charge < -0.3 is 5.73 Å². The first-order valence-electron chi connectivity index (χ1n) is 3.65. The Morgan fingerprint density at radius 1 is 1.55 bits per heavy atom. The molecule has 0 aromatic carbocycles. The summed E-state index contributed by atoms with van der Waals surface area (Å²) >= 11 is 0. The Hall–Kier alpha value is 0.0400. The largest absolute Gasteiger partial charge is 0.325 e. The fourth-order valence-electron chi connectivity index (χ4n) is 0.703. The molecule has 4 heteroatoms. The minimum Gasteiger partial charge on any atom is -0.325 e. The number of hydrogen-bond acceptors (Lipinski definition) is 2. The van der Waals surface area contributed by atoms with Gasteiger partial charge in [0, 0.05) is 27.8 Å². The summed E-state index contributed by atoms with van der Waals surface area (Å²) < 4.78 is 22.7. The smallest absolute Gasteiger partial charge is 0.0903 e. The first-order chi connectivity index (χ1) is 4.95. The average molecular weight is 181 g/mol. The average Bonchev–Trinajstić information content (AvgIpc) is 1.79. The van der Waals surface area contributed by atoms with Gasteiger partial charge in [-0.05, 0) is 20.3 Å². The van der Waals surface area contributed by atoms with Gasteiger partial charge in [-0.25, -0.2) is 0 Å². The number of halogens is 1. The van der Waals surface area contributed by atoms with Crippen LogP contribution >= 0.6 is 0 Å². The quantitative estimate of drug-likeness (QED) is 0.682. The van der Waals surface area contributed by atoms with Gasteiger partial charge in [0.05, 0.1) is 6.67 Å². The topological polar surface area (TPSA) is 43.1 Å². The Bertz CT molecular complexity index is 133. The lowest BCUT2D eigenvalue weighted by Gasteiger charge is -2.16. The third kappa shape index (κ3) is 7.94. The van der Waals surface area contributed by atoms with Gasteiger partial charge in [-0.3, -0.25) is 8.60 Å². The summed E-state index contributed by atoms with van der Waals surface area (Å²) in [7, 11) is -0.954. The van der Waals surface area contributed by atoms with Crippen molar-refractivity contribution in [2.45, 2.75) is 25.8 Å². The lowest BCUT2D eigenvalue weighted by molar-refractivity contribution is 0.487. The van der Waals surface area contributed by atoms with Crippen molar-refractivity contribution in [2.24, 2.45) is 5.73 Å². The molecule has 2 N–H and O–H groups in total. The Labute approximate surface area is 69.8 Å². The van der Waals surface area contributed by atoms with Crippen LogP contribution in [0.4, 0.5) is 4.39 Å². The second-order valence-electron chi connectivity index (χ2n) is 3.32. The highest BCUT2D eigenvalue weighted by Crippen LogP contribution is 2.00. The van der Waals surface area contributed by atoms with Crippen molar-refractivity contribution in [1.82, 2.24) is 0 Å². The van der Waals surface area contributed by atoms with Crippen molar-refractivity contribution in [3.8, 4) is 0 Å². The van der Waals surface area contributed by atoms with Crippen LogP contribution in [0.1, 0.15) is 20.3 Å². The van der Waals surface area contributed by atoms with Crippen LogP contribution in [0.5, 0.6) is 0 Å². The first-order valence-corrected chi connectivity index (χ1v) is 5.14. The molecule has 0 aliphatic rings. The minimum atomic E-state index is -0.954. The molecule has 68 valence electrons. The van der Waals surface area contributed by atoms with E-state index in [9.17, 15) is 8.60 Å². The third-order valence-corrected chi connectivity index (χ3v) is 2.85. The molecule has 0 amide bonds. The van der Waals surface area contributed by atoms with Crippen LogP contribution in [0.3, 0.4) is 0 Å². The molecule has 0 aliphatic heterocycles. The predicted molar refractivity (Wildman–Crippen MR) is 46.7 cm³/mol. The van der Waals surface area contributed by atoms with E-state index in [2.05, 4.69) is 0 Å². The number of nitrogens with two attached hydrogens (primary N) is 1. The van der Waals surface area contributed by atoms with Gasteiger partial charge in [-0.15, -0.1) is 0 Å². The zero-order chi connectivity index (χ0) is 8.91. The summed E-state index contributed by atoms with van der Waals surface area (Å²) in [6.45, 7) is 3.25. The van der Waals surface area contributed by atoms with E-state index in [0.29, 0.717) is 17.9 Å². The molecule has 0 bridgehead atoms. The highest BCUT2D eigenvalue weighted by molar-refractivity contribution is 7.85. The van der Waals surface area contributed by atoms with E-state index in [0.717, 1.165) is 0 Å². The van der Waals surface area contributed by atoms with Crippen molar-refractivity contribution in [3.63, 3.8) is 0 Å². The molecule has 11 heavy (non-hydrogen) atoms. The van der Waals surface area contributed by atoms with E-state index in [4.69, 9.17) is 5.73 Å². The maximum atomic E-state index is 11.6. The first kappa shape index (κ1) is 11.0. The third-order valence-electron chi connectivity index (χ3n) is 1.04. The molecule has 0 spiro atoms. The fraction of sp³-hybridized carbons (Fsp3) is 1.00. The molecule has 1 unspecified atom stereocenters. The lowest BCUT2D eigenvalue weighted by atomic mass is 10.1. The lowest BCUT2D eigenvalue weighted by Crippen LogP contribution is -2.38. The van der Waals surface area contributed by atoms with Crippen molar-refractivity contribution in [1.29, 1.82) is 0 Å². The zero-order valence-electron chi connectivity index (χ0n) is 7.10. The Morgan fingerprint density at radius 2 is 2.09 bits per heavy atom. The number of hydrogen-bond donors (Lipinski definition) is 1. The summed E-state index contributed by atoms with van der Waals surface area (Å²) in [6, 6.07) is 0. The highest BCUT2D eigenvalue weighted by atomic mass is 32.2. The molecule has 0 radical (unpaired) electrons. The summed E-state index contributed by atoms with van der Waals surface area (Å²) in [5.41, 5.74) is 5.22. The van der Waals surface area contributed by atoms with Crippen LogP contribution in [0.15, 0.2) is 0 Å². The predicted octanol–water partition coefficient (Wildman–Crippen LogP) is 0.832. The van der Waals surface area contributed by atoms with Crippen LogP contribution in [0.25, 0.3) is 0 Å². The number of rotatable bonds is 5. The van der Waals surface area contributed by atoms with E-state index in [1.807, 2.05) is 13.8 Å². The summed E-state index contributed by atoms with van der Waals surface area (Å²) in [4.78, 5) is 0. The van der Waals surface area contributed by atoms with Gasteiger partial charge in [0.15, 0.2) is 0 Å². The zero-order valence-corrected chi connectivity index (χ0v) is 7.92. The van der Waals surface area contributed by atoms with Gasteiger partial charge in [0.25, 0.3) is 0 Å². The highest BCUT2D eigenvalue weighted by Gasteiger charge is 2.14. The standard InChI is InChI=1S/C7H16FNOS/c1-7(2,9)6-11(10)5-3-4-8/h3-6,9H2,1-2H3. The van der Waals surface area contributed by atoms with Gasteiger partial charge in [-0.1, -0.05) is 0 Å². The van der Waals surface area contributed by atoms with Crippen LogP contribution in [0, 0.1) is 0 Å². The van der Waals surface area contributed by atoms with Crippen molar-refractivity contribution in [3.05, 3.63) is 0 Å². The second kappa shape index (κ2) is 4.83. The molecule has 0 saturated carbocycles. The van der Waals surface area contributed by atoms with E-state index in [-0.39, 0.29) is 0 Å². The van der Waals surface area contributed by atoms with Crippen molar-refractivity contribution >= 4 is 10.8 Å². The van der Waals surface area contributed by atoms with Gasteiger partial charge >= 0.3 is 0 Å². The van der Waals surface area contributed by atoms with E-state index >= 15 is 0 Å². The Balaban J connectivity index is 3.53. The number of alkyl halides is 1. The Kier molecular flexibility index (Phi) is 4.84. The molecule has 0 aromatic heterocycles. The monoisotopic (exact) mass is 181 g/mol. The molecule has 0 rings (SSSR count). The van der Waals surface area contributed by atoms with Gasteiger partial charge in [-0.2, -0.15) is 0 Å². The minimum absolute atomic E-state index is 0.378. The van der Waals surface area contributed by atoms with E-state index in [1.54, 1.807) is 0 Å². The molecular formula is C7H16FNOS. The van der Waals surface area contributed by atoms with Crippen molar-refractivity contribution < 1.29 is 8.60 Å². The van der Waals surface area contributed by atoms with Crippen LogP contribution in [0.2, 0.25) is 0 Å². The maximum Gasteiger partial charge on any atom is 0.0903 e. The van der Waals surface area contributed by atoms with E-state index in [1.165, 1.54) is 0 Å². The summed E-state index contributed by atoms with van der Waals surface area (Å²) in [5, 5.41) is 0. The molecule has 0 aliphatic carbocycles. The molecular weight excluding hydrogens is 165 g/mol. The molecule has 1 atom stereocenters. The molecule has 0 heterocycles. The molecule has 0 fully saturated rings. The van der Waals surface area contributed by atoms with Gasteiger partial charge in [0.2, 0.25) is 0 Å². The van der Waals surface area contributed by atoms with E-state index < -0.39 is 23.0 Å². The van der Waals surface area contributed by atoms with Crippen LogP contribution in [-0.4, -0.2) is 27.9 Å². The molecule has 0 saturated heterocycles. The van der Waals surface area contributed by atoms with Gasteiger partial charge in [0.1, 0.15) is 0 Å². The fourth-order valence-corrected chi connectivity index (χ4v) is 2.11. The summed E-state index contributed by atoms with van der Waals surface area (Å²) in [5.74, 6) is 0.879. The molecule has 0 aromatic rings. The van der Waals surface area contributed by atoms with Crippen LogP contribution < -0.4 is 5.73 Å². The van der Waals surface area contributed by atoms with Crippen molar-refractivity contribution in [2.75, 3.05) is 18.2 Å². The Morgan fingerprint density at radius 3 is 2.45 bits per heavy atom. The normalized spacial score (nSPS) is 14.9.